The van der Waals surface area contributed by atoms with Crippen molar-refractivity contribution in [3.05, 3.63) is 35.4 Å². The number of carbonyl (C=O) groups is 1. The minimum atomic E-state index is -1.27. The highest BCUT2D eigenvalue weighted by atomic mass is 16.6. The number of nitrogens with one attached hydrogen (secondary N) is 1. The summed E-state index contributed by atoms with van der Waals surface area (Å²) in [6.07, 6.45) is -0.0680. The number of nitrogens with two attached hydrogens (primary N) is 1. The summed E-state index contributed by atoms with van der Waals surface area (Å²) in [4.78, 5) is 10.1. The number of nitriles is 1. The number of hydrazone groups is 1. The zero-order valence-electron chi connectivity index (χ0n) is 9.75. The molecule has 1 saturated heterocycles. The van der Waals surface area contributed by atoms with Crippen LogP contribution in [0.5, 0.6) is 0 Å². The molecule has 1 aliphatic rings. The van der Waals surface area contributed by atoms with Gasteiger partial charge in [0.1, 0.15) is 12.2 Å². The van der Waals surface area contributed by atoms with Crippen molar-refractivity contribution >= 4 is 12.2 Å². The van der Waals surface area contributed by atoms with Crippen LogP contribution in [0.2, 0.25) is 0 Å². The molecule has 0 saturated carbocycles. The molecule has 0 spiro atoms. The number of carbonyl (C=O) groups excluding carboxylic acids is 1. The molecule has 18 heavy (non-hydrogen) atoms. The molecule has 6 nitrogen and oxygen atoms in total. The van der Waals surface area contributed by atoms with Crippen molar-refractivity contribution in [3.63, 3.8) is 0 Å². The first-order chi connectivity index (χ1) is 8.64. The van der Waals surface area contributed by atoms with Gasteiger partial charge in [0.15, 0.2) is 5.84 Å². The lowest BCUT2D eigenvalue weighted by atomic mass is 9.99. The summed E-state index contributed by atoms with van der Waals surface area (Å²) < 4.78 is 5.37. The summed E-state index contributed by atoms with van der Waals surface area (Å²) in [5.41, 5.74) is 8.41. The highest BCUT2D eigenvalue weighted by Crippen LogP contribution is 2.49. The van der Waals surface area contributed by atoms with Gasteiger partial charge in [-0.25, -0.2) is 5.43 Å². The van der Waals surface area contributed by atoms with E-state index >= 15 is 0 Å². The predicted octanol–water partition coefficient (Wildman–Crippen LogP) is 0.347. The van der Waals surface area contributed by atoms with Gasteiger partial charge in [0.25, 0.3) is 0 Å². The minimum absolute atomic E-state index is 0.0531. The van der Waals surface area contributed by atoms with E-state index in [9.17, 15) is 4.79 Å². The van der Waals surface area contributed by atoms with Crippen LogP contribution in [0.4, 0.5) is 0 Å². The fourth-order valence-electron chi connectivity index (χ4n) is 1.71. The van der Waals surface area contributed by atoms with Gasteiger partial charge in [0.2, 0.25) is 12.0 Å². The maximum atomic E-state index is 10.1. The Bertz CT molecular complexity index is 532. The molecule has 1 heterocycles. The molecular formula is C12H12N4O2. The Morgan fingerprint density at radius 3 is 2.83 bits per heavy atom. The van der Waals surface area contributed by atoms with Crippen molar-refractivity contribution in [3.8, 4) is 6.07 Å². The molecule has 0 radical (unpaired) electrons. The van der Waals surface area contributed by atoms with E-state index in [4.69, 9.17) is 15.7 Å². The third-order valence-electron chi connectivity index (χ3n) is 2.78. The highest BCUT2D eigenvalue weighted by molar-refractivity contribution is 5.95. The molecule has 0 aromatic heterocycles. The lowest BCUT2D eigenvalue weighted by molar-refractivity contribution is -0.109. The number of benzene rings is 1. The number of nitrogens with zero attached hydrogens (tertiary/aromatic N) is 2. The minimum Gasteiger partial charge on any atom is -0.382 e. The Labute approximate surface area is 104 Å². The molecule has 1 fully saturated rings. The smallest absolute Gasteiger partial charge is 0.244 e. The number of hydrogen-bond donors (Lipinski definition) is 2. The molecular weight excluding hydrogens is 232 g/mol. The van der Waals surface area contributed by atoms with Crippen LogP contribution in [-0.2, 0) is 9.53 Å². The summed E-state index contributed by atoms with van der Waals surface area (Å²) in [6.45, 7) is 1.97. The zero-order valence-corrected chi connectivity index (χ0v) is 9.75. The monoisotopic (exact) mass is 244 g/mol. The maximum Gasteiger partial charge on any atom is 0.244 e. The van der Waals surface area contributed by atoms with Crippen LogP contribution in [0.3, 0.4) is 0 Å². The third kappa shape index (κ3) is 1.92. The zero-order chi connectivity index (χ0) is 13.2. The van der Waals surface area contributed by atoms with Crippen molar-refractivity contribution in [2.75, 3.05) is 0 Å². The lowest BCUT2D eigenvalue weighted by Crippen LogP contribution is -2.33. The van der Waals surface area contributed by atoms with E-state index < -0.39 is 11.7 Å². The molecule has 2 atom stereocenters. The Kier molecular flexibility index (Phi) is 3.00. The van der Waals surface area contributed by atoms with E-state index in [2.05, 4.69) is 10.5 Å². The summed E-state index contributed by atoms with van der Waals surface area (Å²) in [7, 11) is 0. The largest absolute Gasteiger partial charge is 0.382 e. The van der Waals surface area contributed by atoms with Gasteiger partial charge in [-0.2, -0.15) is 10.4 Å². The van der Waals surface area contributed by atoms with Crippen LogP contribution in [0, 0.1) is 18.3 Å². The standard InChI is InChI=1S/C12H12N4O2/c1-8-2-4-9(5-3-8)10-12(6-13,18-10)11(14)16-15-7-17/h2-5,7,10H,1H3,(H2,14,16)(H,15,17)/t10-,12+/m1/s1. The number of amides is 1. The van der Waals surface area contributed by atoms with Gasteiger partial charge in [-0.05, 0) is 12.5 Å². The van der Waals surface area contributed by atoms with Crippen molar-refractivity contribution in [2.45, 2.75) is 18.6 Å². The Hall–Kier alpha value is -2.39. The molecule has 92 valence electrons. The Morgan fingerprint density at radius 2 is 2.28 bits per heavy atom. The molecule has 1 aromatic carbocycles. The predicted molar refractivity (Wildman–Crippen MR) is 64.2 cm³/mol. The van der Waals surface area contributed by atoms with Crippen LogP contribution in [0.1, 0.15) is 17.2 Å². The molecule has 1 aliphatic heterocycles. The summed E-state index contributed by atoms with van der Waals surface area (Å²) in [5.74, 6) is -0.0531. The van der Waals surface area contributed by atoms with Crippen LogP contribution in [-0.4, -0.2) is 17.8 Å². The molecule has 1 aromatic rings. The Morgan fingerprint density at radius 1 is 1.61 bits per heavy atom. The third-order valence-corrected chi connectivity index (χ3v) is 2.78. The van der Waals surface area contributed by atoms with Crippen LogP contribution >= 0.6 is 0 Å². The fraction of sp³-hybridized carbons (Fsp3) is 0.250. The Balaban J connectivity index is 2.22. The van der Waals surface area contributed by atoms with E-state index in [-0.39, 0.29) is 5.84 Å². The van der Waals surface area contributed by atoms with Gasteiger partial charge in [0, 0.05) is 0 Å². The molecule has 2 rings (SSSR count). The van der Waals surface area contributed by atoms with E-state index in [0.717, 1.165) is 11.1 Å². The number of aryl methyl sites for hydroxylation is 1. The fourth-order valence-corrected chi connectivity index (χ4v) is 1.71. The average Bonchev–Trinajstić information content (AvgIpc) is 3.13. The van der Waals surface area contributed by atoms with Crippen LogP contribution < -0.4 is 11.2 Å². The van der Waals surface area contributed by atoms with E-state index in [1.54, 1.807) is 0 Å². The quantitative estimate of drug-likeness (QED) is 0.262. The second kappa shape index (κ2) is 4.47. The first-order valence-corrected chi connectivity index (χ1v) is 5.32. The van der Waals surface area contributed by atoms with Gasteiger partial charge in [-0.15, -0.1) is 0 Å². The number of epoxide rings is 1. The van der Waals surface area contributed by atoms with E-state index in [1.165, 1.54) is 0 Å². The normalized spacial score (nSPS) is 26.2. The first kappa shape index (κ1) is 12.1. The van der Waals surface area contributed by atoms with E-state index in [0.29, 0.717) is 6.41 Å². The number of amidine groups is 1. The van der Waals surface area contributed by atoms with E-state index in [1.807, 2.05) is 37.3 Å². The maximum absolute atomic E-state index is 10.1. The number of hydrogen-bond acceptors (Lipinski definition) is 4. The molecule has 0 aliphatic carbocycles. The summed E-state index contributed by atoms with van der Waals surface area (Å²) >= 11 is 0. The van der Waals surface area contributed by atoms with Gasteiger partial charge < -0.3 is 10.5 Å². The average molecular weight is 244 g/mol. The van der Waals surface area contributed by atoms with Gasteiger partial charge >= 0.3 is 0 Å². The highest BCUT2D eigenvalue weighted by Gasteiger charge is 2.62. The SMILES string of the molecule is Cc1ccc([C@H]2O[C@]2(C#N)/C(N)=N/NC=O)cc1. The molecule has 6 heteroatoms. The second-order valence-electron chi connectivity index (χ2n) is 4.00. The molecule has 1 amide bonds. The molecule has 3 N–H and O–H groups in total. The van der Waals surface area contributed by atoms with Crippen molar-refractivity contribution in [1.29, 1.82) is 5.26 Å². The van der Waals surface area contributed by atoms with Crippen molar-refractivity contribution in [1.82, 2.24) is 5.43 Å². The number of rotatable bonds is 4. The lowest BCUT2D eigenvalue weighted by Gasteiger charge is -2.03. The van der Waals surface area contributed by atoms with Crippen LogP contribution in [0.25, 0.3) is 0 Å². The first-order valence-electron chi connectivity index (χ1n) is 5.32. The summed E-state index contributed by atoms with van der Waals surface area (Å²) in [5, 5.41) is 12.7. The van der Waals surface area contributed by atoms with Gasteiger partial charge in [0.05, 0.1) is 0 Å². The van der Waals surface area contributed by atoms with Crippen molar-refractivity contribution in [2.24, 2.45) is 10.8 Å². The van der Waals surface area contributed by atoms with Gasteiger partial charge in [-0.1, -0.05) is 29.8 Å². The van der Waals surface area contributed by atoms with Crippen LogP contribution in [0.15, 0.2) is 29.4 Å². The number of ether oxygens (including phenoxy) is 1. The van der Waals surface area contributed by atoms with Gasteiger partial charge in [-0.3, -0.25) is 4.79 Å². The topological polar surface area (TPSA) is 104 Å². The van der Waals surface area contributed by atoms with Crippen molar-refractivity contribution < 1.29 is 9.53 Å². The molecule has 0 bridgehead atoms. The second-order valence-corrected chi connectivity index (χ2v) is 4.00. The molecule has 0 unspecified atom stereocenters. The summed E-state index contributed by atoms with van der Waals surface area (Å²) in [6, 6.07) is 9.59.